The van der Waals surface area contributed by atoms with E-state index in [4.69, 9.17) is 0 Å². The Morgan fingerprint density at radius 3 is 1.36 bits per heavy atom. The Balaban J connectivity index is 1.30. The van der Waals surface area contributed by atoms with E-state index in [0.29, 0.717) is 0 Å². The van der Waals surface area contributed by atoms with Crippen molar-refractivity contribution in [2.24, 2.45) is 0 Å². The van der Waals surface area contributed by atoms with Crippen molar-refractivity contribution in [1.82, 2.24) is 0 Å². The lowest BCUT2D eigenvalue weighted by molar-refractivity contribution is 0.990. The molecule has 230 valence electrons. The molecule has 3 nitrogen and oxygen atoms in total. The Kier molecular flexibility index (Phi) is 8.44. The van der Waals surface area contributed by atoms with E-state index >= 15 is 0 Å². The molecule has 0 spiro atoms. The minimum absolute atomic E-state index is 0.0355. The summed E-state index contributed by atoms with van der Waals surface area (Å²) in [5.74, 6) is 0.0355. The quantitative estimate of drug-likeness (QED) is 0.143. The minimum Gasteiger partial charge on any atom is -0.356 e. The highest BCUT2D eigenvalue weighted by atomic mass is 14.9. The van der Waals surface area contributed by atoms with Gasteiger partial charge in [0.05, 0.1) is 0 Å². The van der Waals surface area contributed by atoms with Gasteiger partial charge in [0.25, 0.3) is 0 Å². The molecule has 47 heavy (non-hydrogen) atoms. The summed E-state index contributed by atoms with van der Waals surface area (Å²) in [6.07, 6.45) is 0. The average molecular weight is 610 g/mol. The summed E-state index contributed by atoms with van der Waals surface area (Å²) in [6, 6.07) is 56.2. The minimum atomic E-state index is 0.0355. The van der Waals surface area contributed by atoms with E-state index in [2.05, 4.69) is 158 Å². The van der Waals surface area contributed by atoms with Gasteiger partial charge >= 0.3 is 0 Å². The first-order valence-corrected chi connectivity index (χ1v) is 16.2. The molecule has 0 bridgehead atoms. The summed E-state index contributed by atoms with van der Waals surface area (Å²) in [7, 11) is 0. The summed E-state index contributed by atoms with van der Waals surface area (Å²) in [4.78, 5) is 0. The first-order valence-electron chi connectivity index (χ1n) is 16.2. The van der Waals surface area contributed by atoms with Crippen molar-refractivity contribution in [3.63, 3.8) is 0 Å². The molecule has 3 heteroatoms. The fourth-order valence-electron chi connectivity index (χ4n) is 6.64. The molecule has 0 aromatic heterocycles. The zero-order valence-corrected chi connectivity index (χ0v) is 27.1. The van der Waals surface area contributed by atoms with E-state index in [1.54, 1.807) is 0 Å². The molecular formula is C44H39N3. The van der Waals surface area contributed by atoms with Crippen molar-refractivity contribution in [1.29, 1.82) is 0 Å². The lowest BCUT2D eigenvalue weighted by Gasteiger charge is -2.23. The summed E-state index contributed by atoms with van der Waals surface area (Å²) in [5.41, 5.74) is 14.1. The maximum atomic E-state index is 3.80. The molecule has 0 aliphatic rings. The van der Waals surface area contributed by atoms with Crippen molar-refractivity contribution in [2.45, 2.75) is 26.7 Å². The Labute approximate surface area is 278 Å². The fourth-order valence-corrected chi connectivity index (χ4v) is 6.64. The Bertz CT molecular complexity index is 2010. The number of hydrogen-bond donors (Lipinski definition) is 3. The molecule has 3 N–H and O–H groups in total. The van der Waals surface area contributed by atoms with Crippen LogP contribution in [0, 0.1) is 20.8 Å². The second kappa shape index (κ2) is 13.3. The molecule has 0 aliphatic carbocycles. The molecule has 0 atom stereocenters. The SMILES string of the molecule is Cc1cc(C)c(Nc2ccc(C(c3ccc(Nc4ccccc4)cc3)c3ccc(Nc4ccccc4)cc3)c3ccccc23)c(C)c1. The molecule has 0 aliphatic heterocycles. The molecule has 0 radical (unpaired) electrons. The van der Waals surface area contributed by atoms with Gasteiger partial charge in [0.2, 0.25) is 0 Å². The van der Waals surface area contributed by atoms with Crippen LogP contribution in [0.3, 0.4) is 0 Å². The van der Waals surface area contributed by atoms with E-state index in [1.165, 1.54) is 49.8 Å². The number of anilines is 6. The van der Waals surface area contributed by atoms with Crippen LogP contribution in [-0.4, -0.2) is 0 Å². The van der Waals surface area contributed by atoms with Crippen molar-refractivity contribution in [3.05, 3.63) is 191 Å². The number of fused-ring (bicyclic) bond motifs is 1. The van der Waals surface area contributed by atoms with Crippen molar-refractivity contribution < 1.29 is 0 Å². The molecule has 0 unspecified atom stereocenters. The molecule has 7 rings (SSSR count). The summed E-state index contributed by atoms with van der Waals surface area (Å²) < 4.78 is 0. The molecule has 7 aromatic rings. The molecule has 0 amide bonds. The monoisotopic (exact) mass is 609 g/mol. The fraction of sp³-hybridized carbons (Fsp3) is 0.0909. The van der Waals surface area contributed by atoms with Gasteiger partial charge in [-0.1, -0.05) is 109 Å². The van der Waals surface area contributed by atoms with E-state index < -0.39 is 0 Å². The lowest BCUT2D eigenvalue weighted by Crippen LogP contribution is -2.06. The van der Waals surface area contributed by atoms with Crippen LogP contribution in [0.25, 0.3) is 10.8 Å². The smallest absolute Gasteiger partial charge is 0.0464 e. The maximum absolute atomic E-state index is 3.80. The van der Waals surface area contributed by atoms with E-state index in [0.717, 1.165) is 28.4 Å². The summed E-state index contributed by atoms with van der Waals surface area (Å²) >= 11 is 0. The lowest BCUT2D eigenvalue weighted by atomic mass is 9.82. The average Bonchev–Trinajstić information content (AvgIpc) is 3.09. The number of aryl methyl sites for hydroxylation is 3. The first kappa shape index (κ1) is 29.9. The number of benzene rings is 7. The second-order valence-electron chi connectivity index (χ2n) is 12.3. The first-order chi connectivity index (χ1) is 23.0. The van der Waals surface area contributed by atoms with E-state index in [-0.39, 0.29) is 5.92 Å². The maximum Gasteiger partial charge on any atom is 0.0464 e. The summed E-state index contributed by atoms with van der Waals surface area (Å²) in [6.45, 7) is 6.52. The van der Waals surface area contributed by atoms with Crippen LogP contribution in [0.5, 0.6) is 0 Å². The van der Waals surface area contributed by atoms with Crippen LogP contribution in [0.2, 0.25) is 0 Å². The van der Waals surface area contributed by atoms with Gasteiger partial charge < -0.3 is 16.0 Å². The van der Waals surface area contributed by atoms with Crippen LogP contribution in [0.15, 0.2) is 158 Å². The van der Waals surface area contributed by atoms with Gasteiger partial charge in [0.1, 0.15) is 0 Å². The van der Waals surface area contributed by atoms with Crippen LogP contribution in [0.1, 0.15) is 39.3 Å². The summed E-state index contributed by atoms with van der Waals surface area (Å²) in [5, 5.41) is 13.3. The predicted molar refractivity (Wildman–Crippen MR) is 201 cm³/mol. The van der Waals surface area contributed by atoms with Crippen molar-refractivity contribution in [2.75, 3.05) is 16.0 Å². The number of nitrogens with one attached hydrogen (secondary N) is 3. The van der Waals surface area contributed by atoms with Crippen LogP contribution in [-0.2, 0) is 0 Å². The Morgan fingerprint density at radius 1 is 0.404 bits per heavy atom. The van der Waals surface area contributed by atoms with Gasteiger partial charge in [-0.2, -0.15) is 0 Å². The third-order valence-corrected chi connectivity index (χ3v) is 8.82. The standard InChI is InChI=1S/C44H39N3/c1-30-28-31(2)44(32(3)29-30)47-42-27-26-41(39-16-10-11-17-40(39)42)43(33-18-22-37(23-19-33)45-35-12-6-4-7-13-35)34-20-24-38(25-21-34)46-36-14-8-5-9-15-36/h4-29,43,45-47H,1-3H3. The van der Waals surface area contributed by atoms with Crippen LogP contribution in [0.4, 0.5) is 34.1 Å². The normalized spacial score (nSPS) is 11.1. The van der Waals surface area contributed by atoms with Crippen molar-refractivity contribution >= 4 is 44.9 Å². The van der Waals surface area contributed by atoms with Crippen LogP contribution < -0.4 is 16.0 Å². The Hall–Kier alpha value is -5.80. The molecule has 0 saturated heterocycles. The van der Waals surface area contributed by atoms with Crippen molar-refractivity contribution in [3.8, 4) is 0 Å². The predicted octanol–water partition coefficient (Wildman–Crippen LogP) is 12.2. The largest absolute Gasteiger partial charge is 0.356 e. The van der Waals surface area contributed by atoms with Gasteiger partial charge in [0.15, 0.2) is 0 Å². The highest BCUT2D eigenvalue weighted by molar-refractivity contribution is 5.98. The van der Waals surface area contributed by atoms with Crippen LogP contribution >= 0.6 is 0 Å². The highest BCUT2D eigenvalue weighted by Crippen LogP contribution is 2.40. The Morgan fingerprint density at radius 2 is 0.851 bits per heavy atom. The molecule has 7 aromatic carbocycles. The zero-order valence-electron chi connectivity index (χ0n) is 27.1. The molecule has 0 saturated carbocycles. The molecule has 0 heterocycles. The number of rotatable bonds is 9. The topological polar surface area (TPSA) is 36.1 Å². The van der Waals surface area contributed by atoms with Gasteiger partial charge in [0, 0.05) is 45.4 Å². The second-order valence-corrected chi connectivity index (χ2v) is 12.3. The third-order valence-electron chi connectivity index (χ3n) is 8.82. The van der Waals surface area contributed by atoms with Gasteiger partial charge in [-0.3, -0.25) is 0 Å². The van der Waals surface area contributed by atoms with Gasteiger partial charge in [-0.25, -0.2) is 0 Å². The highest BCUT2D eigenvalue weighted by Gasteiger charge is 2.21. The van der Waals surface area contributed by atoms with Gasteiger partial charge in [-0.15, -0.1) is 0 Å². The zero-order chi connectivity index (χ0) is 32.2. The van der Waals surface area contributed by atoms with E-state index in [1.807, 2.05) is 36.4 Å². The number of para-hydroxylation sites is 2. The van der Waals surface area contributed by atoms with Gasteiger partial charge in [-0.05, 0) is 109 Å². The van der Waals surface area contributed by atoms with E-state index in [9.17, 15) is 0 Å². The number of hydrogen-bond acceptors (Lipinski definition) is 3. The molecule has 0 fully saturated rings. The third kappa shape index (κ3) is 6.61. The molecular weight excluding hydrogens is 571 g/mol.